The van der Waals surface area contributed by atoms with Gasteiger partial charge >= 0.3 is 12.1 Å². The van der Waals surface area contributed by atoms with Gasteiger partial charge in [0.25, 0.3) is 0 Å². The topological polar surface area (TPSA) is 83.9 Å². The van der Waals surface area contributed by atoms with Crippen molar-refractivity contribution in [2.24, 2.45) is 0 Å². The van der Waals surface area contributed by atoms with Crippen molar-refractivity contribution in [3.05, 3.63) is 0 Å². The van der Waals surface area contributed by atoms with E-state index >= 15 is 0 Å². The van der Waals surface area contributed by atoms with Gasteiger partial charge in [0.05, 0.1) is 12.4 Å². The molecule has 10 heteroatoms. The summed E-state index contributed by atoms with van der Waals surface area (Å²) in [5.74, 6) is -2.01. The molecule has 0 unspecified atom stereocenters. The second-order valence-electron chi connectivity index (χ2n) is 3.71. The third-order valence-corrected chi connectivity index (χ3v) is 3.71. The van der Waals surface area contributed by atoms with Gasteiger partial charge in [-0.2, -0.15) is 17.5 Å². The van der Waals surface area contributed by atoms with Gasteiger partial charge in [-0.1, -0.05) is 6.92 Å². The predicted molar refractivity (Wildman–Crippen MR) is 60.2 cm³/mol. The minimum Gasteiger partial charge on any atom is -0.480 e. The van der Waals surface area contributed by atoms with Crippen LogP contribution >= 0.6 is 0 Å². The van der Waals surface area contributed by atoms with Gasteiger partial charge in [0.15, 0.2) is 0 Å². The molecule has 0 aromatic rings. The maximum Gasteiger partial charge on any atom is 0.411 e. The molecule has 0 saturated carbocycles. The zero-order valence-corrected chi connectivity index (χ0v) is 11.1. The first kappa shape index (κ1) is 18.1. The highest BCUT2D eigenvalue weighted by atomic mass is 32.2. The zero-order valence-electron chi connectivity index (χ0n) is 10.3. The van der Waals surface area contributed by atoms with Crippen LogP contribution in [0, 0.1) is 0 Å². The Balaban J connectivity index is 4.36. The van der Waals surface area contributed by atoms with Gasteiger partial charge in [0, 0.05) is 6.54 Å². The zero-order chi connectivity index (χ0) is 15.1. The number of carboxylic acid groups (broad SMARTS) is 1. The van der Waals surface area contributed by atoms with Crippen LogP contribution in [-0.2, 0) is 19.6 Å². The smallest absolute Gasteiger partial charge is 0.411 e. The average Bonchev–Trinajstić information content (AvgIpc) is 2.22. The maximum atomic E-state index is 11.8. The molecule has 0 radical (unpaired) electrons. The lowest BCUT2D eigenvalue weighted by atomic mass is 10.5. The number of nitrogens with zero attached hydrogens (tertiary/aromatic N) is 1. The molecule has 19 heavy (non-hydrogen) atoms. The number of sulfonamides is 1. The minimum absolute atomic E-state index is 0.00605. The van der Waals surface area contributed by atoms with Gasteiger partial charge in [-0.15, -0.1) is 0 Å². The van der Waals surface area contributed by atoms with Gasteiger partial charge < -0.3 is 9.84 Å². The van der Waals surface area contributed by atoms with Crippen molar-refractivity contribution in [1.29, 1.82) is 0 Å². The fraction of sp³-hybridized carbons (Fsp3) is 0.889. The van der Waals surface area contributed by atoms with Crippen LogP contribution in [-0.4, -0.2) is 62.0 Å². The summed E-state index contributed by atoms with van der Waals surface area (Å²) < 4.78 is 63.6. The van der Waals surface area contributed by atoms with Crippen LogP contribution < -0.4 is 0 Å². The van der Waals surface area contributed by atoms with E-state index in [1.807, 2.05) is 0 Å². The molecular formula is C9H16F3NO5S. The summed E-state index contributed by atoms with van der Waals surface area (Å²) in [5.41, 5.74) is 0. The molecule has 0 heterocycles. The standard InChI is InChI=1S/C9H16F3NO5S/c1-2-3-13(6-8(14)15)19(16,17)5-4-18-7-9(10,11)12/h2-7H2,1H3,(H,14,15). The summed E-state index contributed by atoms with van der Waals surface area (Å²) in [7, 11) is -3.94. The van der Waals surface area contributed by atoms with Crippen molar-refractivity contribution in [1.82, 2.24) is 4.31 Å². The second-order valence-corrected chi connectivity index (χ2v) is 5.80. The number of carboxylic acids is 1. The van der Waals surface area contributed by atoms with Crippen LogP contribution in [0.25, 0.3) is 0 Å². The van der Waals surface area contributed by atoms with Crippen molar-refractivity contribution in [3.8, 4) is 0 Å². The molecule has 0 aliphatic heterocycles. The predicted octanol–water partition coefficient (Wildman–Crippen LogP) is 0.692. The van der Waals surface area contributed by atoms with Crippen LogP contribution in [0.5, 0.6) is 0 Å². The number of halogens is 3. The van der Waals surface area contributed by atoms with E-state index in [-0.39, 0.29) is 6.54 Å². The van der Waals surface area contributed by atoms with Gasteiger partial charge in [-0.25, -0.2) is 8.42 Å². The monoisotopic (exact) mass is 307 g/mol. The van der Waals surface area contributed by atoms with Crippen molar-refractivity contribution in [3.63, 3.8) is 0 Å². The Morgan fingerprint density at radius 1 is 1.37 bits per heavy atom. The van der Waals surface area contributed by atoms with E-state index in [4.69, 9.17) is 5.11 Å². The third kappa shape index (κ3) is 8.78. The van der Waals surface area contributed by atoms with E-state index < -0.39 is 47.7 Å². The Bertz CT molecular complexity index is 382. The van der Waals surface area contributed by atoms with E-state index in [1.165, 1.54) is 0 Å². The summed E-state index contributed by atoms with van der Waals surface area (Å²) in [5, 5.41) is 8.57. The molecule has 1 N–H and O–H groups in total. The number of aliphatic carboxylic acids is 1. The van der Waals surface area contributed by atoms with Gasteiger partial charge in [0.2, 0.25) is 10.0 Å². The van der Waals surface area contributed by atoms with E-state index in [0.717, 1.165) is 0 Å². The largest absolute Gasteiger partial charge is 0.480 e. The fourth-order valence-electron chi connectivity index (χ4n) is 1.20. The number of ether oxygens (including phenoxy) is 1. The van der Waals surface area contributed by atoms with E-state index in [2.05, 4.69) is 4.74 Å². The summed E-state index contributed by atoms with van der Waals surface area (Å²) >= 11 is 0. The molecular weight excluding hydrogens is 291 g/mol. The first-order chi connectivity index (χ1) is 8.58. The highest BCUT2D eigenvalue weighted by Gasteiger charge is 2.28. The minimum atomic E-state index is -4.52. The summed E-state index contributed by atoms with van der Waals surface area (Å²) in [6.45, 7) is -1.23. The van der Waals surface area contributed by atoms with Crippen molar-refractivity contribution < 1.29 is 36.2 Å². The first-order valence-electron chi connectivity index (χ1n) is 5.42. The highest BCUT2D eigenvalue weighted by molar-refractivity contribution is 7.89. The van der Waals surface area contributed by atoms with Crippen molar-refractivity contribution in [2.45, 2.75) is 19.5 Å². The highest BCUT2D eigenvalue weighted by Crippen LogP contribution is 2.14. The Morgan fingerprint density at radius 3 is 2.37 bits per heavy atom. The molecule has 0 aromatic heterocycles. The molecule has 0 amide bonds. The summed E-state index contributed by atoms with van der Waals surface area (Å²) in [6.07, 6.45) is -4.12. The number of rotatable bonds is 9. The molecule has 0 saturated heterocycles. The van der Waals surface area contributed by atoms with Crippen molar-refractivity contribution >= 4 is 16.0 Å². The second kappa shape index (κ2) is 7.65. The molecule has 0 bridgehead atoms. The summed E-state index contributed by atoms with van der Waals surface area (Å²) in [6, 6.07) is 0. The molecule has 0 aliphatic rings. The molecule has 6 nitrogen and oxygen atoms in total. The lowest BCUT2D eigenvalue weighted by Gasteiger charge is -2.19. The van der Waals surface area contributed by atoms with E-state index in [0.29, 0.717) is 10.7 Å². The average molecular weight is 307 g/mol. The first-order valence-corrected chi connectivity index (χ1v) is 7.03. The number of carbonyl (C=O) groups is 1. The molecule has 0 aromatic carbocycles. The fourth-order valence-corrected chi connectivity index (χ4v) is 2.55. The molecule has 0 spiro atoms. The van der Waals surface area contributed by atoms with Crippen LogP contribution in [0.4, 0.5) is 13.2 Å². The molecule has 114 valence electrons. The van der Waals surface area contributed by atoms with Gasteiger partial charge in [-0.05, 0) is 6.42 Å². The van der Waals surface area contributed by atoms with Gasteiger partial charge in [0.1, 0.15) is 13.2 Å². The van der Waals surface area contributed by atoms with Crippen LogP contribution in [0.15, 0.2) is 0 Å². The maximum absolute atomic E-state index is 11.8. The molecule has 0 aliphatic carbocycles. The Labute approximate surface area is 109 Å². The Morgan fingerprint density at radius 2 is 1.95 bits per heavy atom. The number of hydrogen-bond acceptors (Lipinski definition) is 4. The normalized spacial score (nSPS) is 12.9. The van der Waals surface area contributed by atoms with Crippen molar-refractivity contribution in [2.75, 3.05) is 32.1 Å². The van der Waals surface area contributed by atoms with E-state index in [1.54, 1.807) is 6.92 Å². The Kier molecular flexibility index (Phi) is 7.30. The van der Waals surface area contributed by atoms with Gasteiger partial charge in [-0.3, -0.25) is 4.79 Å². The number of hydrogen-bond donors (Lipinski definition) is 1. The Hall–Kier alpha value is -0.870. The van der Waals surface area contributed by atoms with Crippen LogP contribution in [0.3, 0.4) is 0 Å². The molecule has 0 fully saturated rings. The summed E-state index contributed by atoms with van der Waals surface area (Å²) in [4.78, 5) is 10.5. The quantitative estimate of drug-likeness (QED) is 0.634. The van der Waals surface area contributed by atoms with Crippen LogP contribution in [0.2, 0.25) is 0 Å². The van der Waals surface area contributed by atoms with E-state index in [9.17, 15) is 26.4 Å². The number of alkyl halides is 3. The SMILES string of the molecule is CCCN(CC(=O)O)S(=O)(=O)CCOCC(F)(F)F. The van der Waals surface area contributed by atoms with Crippen LogP contribution in [0.1, 0.15) is 13.3 Å². The lowest BCUT2D eigenvalue weighted by Crippen LogP contribution is -2.38. The lowest BCUT2D eigenvalue weighted by molar-refractivity contribution is -0.172. The third-order valence-electron chi connectivity index (χ3n) is 1.93. The molecule has 0 rings (SSSR count). The molecule has 0 atom stereocenters.